The number of rotatable bonds is 31. The standard InChI is InChI=1S/C23H21N3O4.2C21H15ClFN3O4.2C21H16IN3O4/c1-3-15-10-11-19(28-4-2)18(13-15)21(27)24-17-8-5-7-16(14-17)22-25-26-23(30-22)20-9-6-12-29-20;2*1-2-28-17-8-6-13(22)11-14(17)19(27)24-16-10-12(5-7-15(16)23)20-25-26-21(30-20)18-4-3-9-29-18;2*1-2-27-17-9-8-14(22)12-16(17)19(26)23-15-6-3-5-13(11-15)20-24-25-21(29-20)18-7-4-10-28-18/h5-14H,3-4H2,1-2H3,(H,24,27);2*3-11H,2H2,1H3,(H,24,27);2*3-12H,2H2,1H3,(H,23,26). The number of amides is 5. The zero-order valence-electron chi connectivity index (χ0n) is 78.9. The van der Waals surface area contributed by atoms with Gasteiger partial charge in [0.1, 0.15) is 40.4 Å². The molecule has 5 amide bonds. The van der Waals surface area contributed by atoms with Crippen LogP contribution in [0.25, 0.3) is 116 Å². The molecule has 20 aromatic rings. The average Bonchev–Trinajstić information content (AvgIpc) is 1.65. The maximum Gasteiger partial charge on any atom is 0.283 e. The summed E-state index contributed by atoms with van der Waals surface area (Å²) in [6.45, 7) is 13.4. The summed E-state index contributed by atoms with van der Waals surface area (Å²) in [5, 5.41) is 54.4. The van der Waals surface area contributed by atoms with Gasteiger partial charge >= 0.3 is 0 Å². The molecule has 0 atom stereocenters. The fourth-order valence-electron chi connectivity index (χ4n) is 14.0. The maximum atomic E-state index is 14.4. The highest BCUT2D eigenvalue weighted by atomic mass is 127. The molecule has 0 saturated heterocycles. The SMILES string of the molecule is CCOc1ccc(CC)cc1C(=O)Nc1cccc(-c2nnc(-c3ccco3)o2)c1.CCOc1ccc(Cl)cc1C(=O)Nc1cc(-c2nnc(-c3ccco3)o2)ccc1F.CCOc1ccc(Cl)cc1C(=O)Nc1cc(-c2nnc(-c3ccco3)o2)ccc1F.CCOc1ccc(I)cc1C(=O)Nc1cccc(-c2nnc(-c3ccco3)o2)c1.CCOc1ccc(I)cc1C(=O)Nc1cccc(-c2nnc(-c3ccco3)o2)c1. The summed E-state index contributed by atoms with van der Waals surface area (Å²) < 4.78 is 113. The normalized spacial score (nSPS) is 10.7. The van der Waals surface area contributed by atoms with Crippen molar-refractivity contribution in [1.29, 1.82) is 0 Å². The Bertz CT molecular complexity index is 7590. The molecule has 10 aromatic carbocycles. The van der Waals surface area contributed by atoms with Gasteiger partial charge in [0.05, 0.1) is 104 Å². The first-order chi connectivity index (χ1) is 72.0. The number of carbonyl (C=O) groups is 5. The van der Waals surface area contributed by atoms with Gasteiger partial charge in [-0.25, -0.2) is 8.78 Å². The summed E-state index contributed by atoms with van der Waals surface area (Å²) in [5.74, 6) is 4.03. The number of anilines is 5. The van der Waals surface area contributed by atoms with Crippen LogP contribution in [0.3, 0.4) is 0 Å². The molecule has 35 nitrogen and oxygen atoms in total. The van der Waals surface area contributed by atoms with Crippen LogP contribution in [0, 0.1) is 18.8 Å². The second-order valence-corrected chi connectivity index (χ2v) is 34.1. The molecule has 10 heterocycles. The molecule has 0 spiro atoms. The van der Waals surface area contributed by atoms with Gasteiger partial charge in [0.15, 0.2) is 28.8 Å². The topological polar surface area (TPSA) is 452 Å². The van der Waals surface area contributed by atoms with Crippen molar-refractivity contribution >= 4 is 126 Å². The number of furan rings is 5. The molecule has 20 rings (SSSR count). The van der Waals surface area contributed by atoms with Gasteiger partial charge in [-0.2, -0.15) is 0 Å². The van der Waals surface area contributed by atoms with Crippen molar-refractivity contribution in [3.63, 3.8) is 0 Å². The molecule has 0 unspecified atom stereocenters. The van der Waals surface area contributed by atoms with Crippen LogP contribution in [0.4, 0.5) is 37.2 Å². The fourth-order valence-corrected chi connectivity index (χ4v) is 15.3. The van der Waals surface area contributed by atoms with Crippen molar-refractivity contribution in [2.75, 3.05) is 59.6 Å². The largest absolute Gasteiger partial charge is 0.493 e. The number of aromatic nitrogens is 10. The lowest BCUT2D eigenvalue weighted by atomic mass is 10.1. The van der Waals surface area contributed by atoms with Gasteiger partial charge in [-0.1, -0.05) is 54.4 Å². The summed E-state index contributed by atoms with van der Waals surface area (Å²) in [5.41, 5.74) is 7.48. The summed E-state index contributed by atoms with van der Waals surface area (Å²) in [7, 11) is 0. The molecule has 41 heteroatoms. The number of carbonyl (C=O) groups excluding carboxylic acids is 5. The number of hydrogen-bond donors (Lipinski definition) is 5. The van der Waals surface area contributed by atoms with Crippen molar-refractivity contribution in [3.8, 4) is 144 Å². The Labute approximate surface area is 877 Å². The number of halogens is 6. The second kappa shape index (κ2) is 49.7. The fraction of sp³-hybridized carbons (Fsp3) is 0.112. The van der Waals surface area contributed by atoms with Crippen LogP contribution in [0.1, 0.15) is 98.9 Å². The highest BCUT2D eigenvalue weighted by Crippen LogP contribution is 2.38. The number of nitrogens with one attached hydrogen (secondary N) is 5. The molecular weight excluding hydrogens is 2180 g/mol. The van der Waals surface area contributed by atoms with Crippen molar-refractivity contribution in [3.05, 3.63) is 354 Å². The Kier molecular flexibility index (Phi) is 34.7. The zero-order chi connectivity index (χ0) is 104. The minimum absolute atomic E-state index is 0.0577. The van der Waals surface area contributed by atoms with E-state index < -0.39 is 23.4 Å². The van der Waals surface area contributed by atoms with E-state index >= 15 is 0 Å². The second-order valence-electron chi connectivity index (χ2n) is 30.8. The monoisotopic (exact) mass is 2260 g/mol. The quantitative estimate of drug-likeness (QED) is 0.0252. The molecule has 0 aliphatic carbocycles. The van der Waals surface area contributed by atoms with Gasteiger partial charge in [-0.3, -0.25) is 24.0 Å². The molecule has 0 saturated carbocycles. The number of nitrogens with zero attached hydrogens (tertiary/aromatic N) is 10. The van der Waals surface area contributed by atoms with Gasteiger partial charge in [-0.05, 0) is 328 Å². The molecule has 0 radical (unpaired) electrons. The molecule has 5 N–H and O–H groups in total. The van der Waals surface area contributed by atoms with Crippen molar-refractivity contribution < 1.29 is 101 Å². The number of hydrogen-bond acceptors (Lipinski definition) is 30. The van der Waals surface area contributed by atoms with E-state index in [1.54, 1.807) is 178 Å². The van der Waals surface area contributed by atoms with Crippen molar-refractivity contribution in [2.24, 2.45) is 0 Å². The van der Waals surface area contributed by atoms with E-state index in [0.29, 0.717) is 198 Å². The molecular formula is C107H83Cl2F2I2N15O20. The maximum absolute atomic E-state index is 14.4. The summed E-state index contributed by atoms with van der Waals surface area (Å²) in [6, 6.07) is 72.9. The van der Waals surface area contributed by atoms with E-state index in [9.17, 15) is 32.8 Å². The van der Waals surface area contributed by atoms with E-state index in [-0.39, 0.29) is 63.8 Å². The van der Waals surface area contributed by atoms with Crippen LogP contribution in [0.5, 0.6) is 28.7 Å². The Morgan fingerprint density at radius 3 is 0.811 bits per heavy atom. The molecule has 0 fully saturated rings. The van der Waals surface area contributed by atoms with Crippen molar-refractivity contribution in [1.82, 2.24) is 51.0 Å². The minimum atomic E-state index is -0.627. The Morgan fingerprint density at radius 1 is 0.277 bits per heavy atom. The molecule has 0 aliphatic heterocycles. The zero-order valence-corrected chi connectivity index (χ0v) is 84.7. The number of aryl methyl sites for hydroxylation is 1. The number of benzene rings is 10. The predicted molar refractivity (Wildman–Crippen MR) is 560 cm³/mol. The first-order valence-corrected chi connectivity index (χ1v) is 48.3. The van der Waals surface area contributed by atoms with E-state index in [0.717, 1.165) is 19.1 Å². The third-order valence-corrected chi connectivity index (χ3v) is 22.6. The number of ether oxygens (including phenoxy) is 5. The lowest BCUT2D eigenvalue weighted by Gasteiger charge is -2.12. The molecule has 0 aliphatic rings. The summed E-state index contributed by atoms with van der Waals surface area (Å²) in [6.07, 6.45) is 8.41. The highest BCUT2D eigenvalue weighted by molar-refractivity contribution is 14.1. The average molecular weight is 2260 g/mol. The van der Waals surface area contributed by atoms with Crippen LogP contribution in [-0.4, -0.2) is 114 Å². The van der Waals surface area contributed by atoms with Crippen LogP contribution in [-0.2, 0) is 6.42 Å². The van der Waals surface area contributed by atoms with Crippen molar-refractivity contribution in [2.45, 2.75) is 48.0 Å². The molecule has 10 aromatic heterocycles. The van der Waals surface area contributed by atoms with Gasteiger partial charge < -0.3 is 94.4 Å². The third kappa shape index (κ3) is 26.6. The van der Waals surface area contributed by atoms with Gasteiger partial charge in [0, 0.05) is 62.1 Å². The first-order valence-electron chi connectivity index (χ1n) is 45.3. The van der Waals surface area contributed by atoms with E-state index in [4.69, 9.17) is 91.1 Å². The molecule has 0 bridgehead atoms. The van der Waals surface area contributed by atoms with Gasteiger partial charge in [-0.15, -0.1) is 51.0 Å². The van der Waals surface area contributed by atoms with E-state index in [1.165, 1.54) is 73.6 Å². The Hall–Kier alpha value is -17.5. The third-order valence-electron chi connectivity index (χ3n) is 20.8. The molecule has 748 valence electrons. The Balaban J connectivity index is 0.000000132. The van der Waals surface area contributed by atoms with Crippen LogP contribution in [0.15, 0.2) is 336 Å². The molecule has 148 heavy (non-hydrogen) atoms. The van der Waals surface area contributed by atoms with E-state index in [2.05, 4.69) is 123 Å². The van der Waals surface area contributed by atoms with Crippen LogP contribution < -0.4 is 50.3 Å². The smallest absolute Gasteiger partial charge is 0.283 e. The predicted octanol–water partition coefficient (Wildman–Crippen LogP) is 26.6. The Morgan fingerprint density at radius 2 is 0.534 bits per heavy atom. The summed E-state index contributed by atoms with van der Waals surface area (Å²) in [4.78, 5) is 64.0. The van der Waals surface area contributed by atoms with Crippen LogP contribution in [0.2, 0.25) is 10.0 Å². The van der Waals surface area contributed by atoms with E-state index in [1.807, 2.05) is 82.3 Å². The summed E-state index contributed by atoms with van der Waals surface area (Å²) >= 11 is 16.3. The minimum Gasteiger partial charge on any atom is -0.493 e. The highest BCUT2D eigenvalue weighted by Gasteiger charge is 2.26. The van der Waals surface area contributed by atoms with Crippen LogP contribution >= 0.6 is 68.4 Å². The lowest BCUT2D eigenvalue weighted by molar-refractivity contribution is 0.101. The lowest BCUT2D eigenvalue weighted by Crippen LogP contribution is -2.15. The van der Waals surface area contributed by atoms with Gasteiger partial charge in [0.25, 0.3) is 59.0 Å². The van der Waals surface area contributed by atoms with Gasteiger partial charge in [0.2, 0.25) is 29.5 Å². The first kappa shape index (κ1) is 103.